The number of nitrogens with one attached hydrogen (secondary N) is 1. The molecular formula is C10H14BrN5O2. The molecule has 7 nitrogen and oxygen atoms in total. The average Bonchev–Trinajstić information content (AvgIpc) is 2.92. The van der Waals surface area contributed by atoms with Crippen molar-refractivity contribution in [3.8, 4) is 0 Å². The van der Waals surface area contributed by atoms with Crippen molar-refractivity contribution in [1.29, 1.82) is 0 Å². The van der Waals surface area contributed by atoms with E-state index in [0.29, 0.717) is 34.7 Å². The molecule has 4 N–H and O–H groups in total. The highest BCUT2D eigenvalue weighted by molar-refractivity contribution is 9.10. The third kappa shape index (κ3) is 2.40. The van der Waals surface area contributed by atoms with Crippen LogP contribution in [0.4, 0.5) is 5.82 Å². The molecule has 1 atom stereocenters. The van der Waals surface area contributed by atoms with E-state index in [9.17, 15) is 5.11 Å². The summed E-state index contributed by atoms with van der Waals surface area (Å²) < 4.78 is 7.39. The molecule has 8 heteroatoms. The number of aliphatic hydroxyl groups is 1. The molecule has 0 radical (unpaired) electrons. The van der Waals surface area contributed by atoms with Gasteiger partial charge in [0.2, 0.25) is 0 Å². The molecule has 2 aromatic rings. The zero-order chi connectivity index (χ0) is 13.1. The number of ether oxygens (including phenoxy) is 1. The molecule has 2 aromatic heterocycles. The lowest BCUT2D eigenvalue weighted by atomic mass is 10.1. The van der Waals surface area contributed by atoms with Crippen LogP contribution in [0.3, 0.4) is 0 Å². The zero-order valence-corrected chi connectivity index (χ0v) is 11.4. The van der Waals surface area contributed by atoms with Crippen molar-refractivity contribution >= 4 is 21.7 Å². The first-order valence-corrected chi connectivity index (χ1v) is 6.11. The second kappa shape index (κ2) is 5.51. The largest absolute Gasteiger partial charge is 0.384 e. The Morgan fingerprint density at radius 1 is 1.61 bits per heavy atom. The van der Waals surface area contributed by atoms with E-state index in [0.717, 1.165) is 0 Å². The van der Waals surface area contributed by atoms with Crippen molar-refractivity contribution in [2.75, 3.05) is 19.5 Å². The molecular weight excluding hydrogens is 302 g/mol. The van der Waals surface area contributed by atoms with E-state index in [1.54, 1.807) is 18.0 Å². The van der Waals surface area contributed by atoms with Gasteiger partial charge in [0.05, 0.1) is 35.7 Å². The Morgan fingerprint density at radius 3 is 3.00 bits per heavy atom. The Kier molecular flexibility index (Phi) is 4.00. The number of anilines is 1. The fourth-order valence-electron chi connectivity index (χ4n) is 1.67. The second-order valence-electron chi connectivity index (χ2n) is 3.74. The van der Waals surface area contributed by atoms with Crippen molar-refractivity contribution in [2.45, 2.75) is 12.6 Å². The summed E-state index contributed by atoms with van der Waals surface area (Å²) in [6, 6.07) is 0. The molecule has 98 valence electrons. The van der Waals surface area contributed by atoms with Crippen LogP contribution in [-0.2, 0) is 11.3 Å². The molecule has 0 aliphatic rings. The van der Waals surface area contributed by atoms with E-state index in [4.69, 9.17) is 10.5 Å². The van der Waals surface area contributed by atoms with Crippen LogP contribution in [0.5, 0.6) is 0 Å². The lowest BCUT2D eigenvalue weighted by Gasteiger charge is -2.13. The number of hydrogen-bond donors (Lipinski definition) is 3. The predicted molar refractivity (Wildman–Crippen MR) is 68.9 cm³/mol. The highest BCUT2D eigenvalue weighted by atomic mass is 79.9. The minimum absolute atomic E-state index is 0.342. The SMILES string of the molecule is COCCn1ncc(Br)c1C(O)c1cn[nH]c1N. The first-order valence-electron chi connectivity index (χ1n) is 5.32. The number of aromatic amines is 1. The normalized spacial score (nSPS) is 12.8. The summed E-state index contributed by atoms with van der Waals surface area (Å²) in [4.78, 5) is 0. The molecule has 0 bridgehead atoms. The van der Waals surface area contributed by atoms with Crippen LogP contribution in [0, 0.1) is 0 Å². The fourth-order valence-corrected chi connectivity index (χ4v) is 2.18. The summed E-state index contributed by atoms with van der Waals surface area (Å²) in [5.74, 6) is 0.342. The standard InChI is InChI=1S/C10H14BrN5O2/c1-18-3-2-16-8(7(11)5-14-16)9(17)6-4-13-15-10(6)12/h4-5,9,17H,2-3H2,1H3,(H3,12,13,15). The number of nitrogen functional groups attached to an aromatic ring is 1. The Morgan fingerprint density at radius 2 is 2.39 bits per heavy atom. The van der Waals surface area contributed by atoms with Gasteiger partial charge in [-0.1, -0.05) is 0 Å². The molecule has 1 unspecified atom stereocenters. The van der Waals surface area contributed by atoms with E-state index in [-0.39, 0.29) is 0 Å². The van der Waals surface area contributed by atoms with Gasteiger partial charge >= 0.3 is 0 Å². The second-order valence-corrected chi connectivity index (χ2v) is 4.59. The number of aromatic nitrogens is 4. The maximum atomic E-state index is 10.3. The summed E-state index contributed by atoms with van der Waals surface area (Å²) in [6.45, 7) is 1.06. The number of hydrogen-bond acceptors (Lipinski definition) is 5. The van der Waals surface area contributed by atoms with Crippen molar-refractivity contribution in [1.82, 2.24) is 20.0 Å². The minimum Gasteiger partial charge on any atom is -0.384 e. The van der Waals surface area contributed by atoms with Crippen LogP contribution in [0.15, 0.2) is 16.9 Å². The third-order valence-electron chi connectivity index (χ3n) is 2.59. The highest BCUT2D eigenvalue weighted by Crippen LogP contribution is 2.30. The third-order valence-corrected chi connectivity index (χ3v) is 3.20. The van der Waals surface area contributed by atoms with Gasteiger partial charge in [-0.05, 0) is 15.9 Å². The Hall–Kier alpha value is -1.38. The molecule has 0 aliphatic carbocycles. The quantitative estimate of drug-likeness (QED) is 0.753. The molecule has 2 rings (SSSR count). The van der Waals surface area contributed by atoms with E-state index < -0.39 is 6.10 Å². The van der Waals surface area contributed by atoms with Crippen molar-refractivity contribution in [3.63, 3.8) is 0 Å². The van der Waals surface area contributed by atoms with Gasteiger partial charge in [-0.15, -0.1) is 0 Å². The van der Waals surface area contributed by atoms with Gasteiger partial charge in [0, 0.05) is 12.7 Å². The summed E-state index contributed by atoms with van der Waals surface area (Å²) in [6.07, 6.45) is 2.24. The number of halogens is 1. The Balaban J connectivity index is 2.32. The molecule has 0 fully saturated rings. The number of aliphatic hydroxyl groups excluding tert-OH is 1. The van der Waals surface area contributed by atoms with Gasteiger partial charge < -0.3 is 15.6 Å². The van der Waals surface area contributed by atoms with Crippen molar-refractivity contribution < 1.29 is 9.84 Å². The Labute approximate surface area is 112 Å². The number of rotatable bonds is 5. The van der Waals surface area contributed by atoms with Gasteiger partial charge in [-0.2, -0.15) is 10.2 Å². The number of methoxy groups -OCH3 is 1. The van der Waals surface area contributed by atoms with Crippen LogP contribution in [0.2, 0.25) is 0 Å². The van der Waals surface area contributed by atoms with Gasteiger partial charge in [0.1, 0.15) is 11.9 Å². The van der Waals surface area contributed by atoms with Crippen LogP contribution in [0.25, 0.3) is 0 Å². The van der Waals surface area contributed by atoms with Crippen molar-refractivity contribution in [2.24, 2.45) is 0 Å². The van der Waals surface area contributed by atoms with Crippen LogP contribution in [-0.4, -0.2) is 38.8 Å². The molecule has 0 saturated carbocycles. The average molecular weight is 316 g/mol. The van der Waals surface area contributed by atoms with Crippen LogP contribution < -0.4 is 5.73 Å². The van der Waals surface area contributed by atoms with Gasteiger partial charge in [0.25, 0.3) is 0 Å². The lowest BCUT2D eigenvalue weighted by Crippen LogP contribution is -2.14. The summed E-state index contributed by atoms with van der Waals surface area (Å²) in [7, 11) is 1.61. The number of H-pyrrole nitrogens is 1. The molecule has 0 aromatic carbocycles. The van der Waals surface area contributed by atoms with E-state index >= 15 is 0 Å². The number of nitrogens with two attached hydrogens (primary N) is 1. The molecule has 18 heavy (non-hydrogen) atoms. The molecule has 0 amide bonds. The van der Waals surface area contributed by atoms with Crippen molar-refractivity contribution in [3.05, 3.63) is 28.1 Å². The smallest absolute Gasteiger partial charge is 0.127 e. The highest BCUT2D eigenvalue weighted by Gasteiger charge is 2.22. The topological polar surface area (TPSA) is 102 Å². The lowest BCUT2D eigenvalue weighted by molar-refractivity contribution is 0.171. The zero-order valence-electron chi connectivity index (χ0n) is 9.80. The molecule has 2 heterocycles. The summed E-state index contributed by atoms with van der Waals surface area (Å²) >= 11 is 3.36. The minimum atomic E-state index is -0.891. The maximum Gasteiger partial charge on any atom is 0.127 e. The van der Waals surface area contributed by atoms with Gasteiger partial charge in [-0.25, -0.2) is 0 Å². The predicted octanol–water partition coefficient (Wildman–Crippen LogP) is 0.679. The molecule has 0 saturated heterocycles. The summed E-state index contributed by atoms with van der Waals surface area (Å²) in [5.41, 5.74) is 6.85. The number of nitrogens with zero attached hydrogens (tertiary/aromatic N) is 3. The summed E-state index contributed by atoms with van der Waals surface area (Å²) in [5, 5.41) is 20.9. The maximum absolute atomic E-state index is 10.3. The monoisotopic (exact) mass is 315 g/mol. The first kappa shape index (κ1) is 13.1. The van der Waals surface area contributed by atoms with Crippen LogP contribution in [0.1, 0.15) is 17.4 Å². The van der Waals surface area contributed by atoms with E-state index in [1.807, 2.05) is 0 Å². The van der Waals surface area contributed by atoms with E-state index in [2.05, 4.69) is 31.2 Å². The van der Waals surface area contributed by atoms with Gasteiger partial charge in [-0.3, -0.25) is 9.78 Å². The van der Waals surface area contributed by atoms with Crippen LogP contribution >= 0.6 is 15.9 Å². The molecule has 0 spiro atoms. The molecule has 0 aliphatic heterocycles. The van der Waals surface area contributed by atoms with Gasteiger partial charge in [0.15, 0.2) is 0 Å². The fraction of sp³-hybridized carbons (Fsp3) is 0.400. The first-order chi connectivity index (χ1) is 8.65. The van der Waals surface area contributed by atoms with E-state index in [1.165, 1.54) is 6.20 Å². The Bertz CT molecular complexity index is 524.